The van der Waals surface area contributed by atoms with E-state index in [0.29, 0.717) is 44.9 Å². The second kappa shape index (κ2) is 7.70. The highest BCUT2D eigenvalue weighted by molar-refractivity contribution is 7.99. The molecule has 2 aromatic heterocycles. The fourth-order valence-corrected chi connectivity index (χ4v) is 3.59. The van der Waals surface area contributed by atoms with Gasteiger partial charge in [0.2, 0.25) is 5.91 Å². The van der Waals surface area contributed by atoms with Gasteiger partial charge in [-0.25, -0.2) is 9.50 Å². The second-order valence-corrected chi connectivity index (χ2v) is 7.22. The topological polar surface area (TPSA) is 79.3 Å². The van der Waals surface area contributed by atoms with Crippen LogP contribution in [0.15, 0.2) is 40.0 Å². The SMILES string of the molecule is Cc1nc2cc(=O)[nH]n2c(C)c1CC(=O)Nc1ccccc1SCC(F)(F)F. The molecule has 1 amide bonds. The van der Waals surface area contributed by atoms with Crippen LogP contribution in [0.2, 0.25) is 0 Å². The van der Waals surface area contributed by atoms with Crippen molar-refractivity contribution in [2.45, 2.75) is 31.3 Å². The summed E-state index contributed by atoms with van der Waals surface area (Å²) in [6.07, 6.45) is -4.33. The number of para-hydroxylation sites is 1. The molecule has 0 radical (unpaired) electrons. The van der Waals surface area contributed by atoms with Crippen LogP contribution in [-0.4, -0.2) is 32.4 Å². The number of carbonyl (C=O) groups excluding carboxylic acids is 1. The molecule has 0 spiro atoms. The lowest BCUT2D eigenvalue weighted by Crippen LogP contribution is -2.18. The normalized spacial score (nSPS) is 11.8. The Hall–Kier alpha value is -2.75. The van der Waals surface area contributed by atoms with Crippen LogP contribution in [0, 0.1) is 13.8 Å². The number of hydrogen-bond acceptors (Lipinski definition) is 4. The van der Waals surface area contributed by atoms with E-state index in [0.717, 1.165) is 0 Å². The summed E-state index contributed by atoms with van der Waals surface area (Å²) in [4.78, 5) is 28.7. The molecule has 0 bridgehead atoms. The standard InChI is InChI=1S/C18H17F3N4O2S/c1-10-12(11(2)25-15(22-10)8-17(27)24-25)7-16(26)23-13-5-3-4-6-14(13)28-9-18(19,20)21/h3-6,8H,7,9H2,1-2H3,(H,23,26)(H,24,27). The van der Waals surface area contributed by atoms with Crippen molar-refractivity contribution in [3.63, 3.8) is 0 Å². The van der Waals surface area contributed by atoms with Crippen LogP contribution in [0.1, 0.15) is 17.0 Å². The van der Waals surface area contributed by atoms with Crippen molar-refractivity contribution < 1.29 is 18.0 Å². The van der Waals surface area contributed by atoms with Gasteiger partial charge in [-0.1, -0.05) is 12.1 Å². The van der Waals surface area contributed by atoms with E-state index >= 15 is 0 Å². The predicted molar refractivity (Wildman–Crippen MR) is 101 cm³/mol. The lowest BCUT2D eigenvalue weighted by atomic mass is 10.1. The highest BCUT2D eigenvalue weighted by atomic mass is 32.2. The number of aryl methyl sites for hydroxylation is 2. The number of aromatic amines is 1. The number of nitrogens with one attached hydrogen (secondary N) is 2. The number of amides is 1. The van der Waals surface area contributed by atoms with Gasteiger partial charge in [-0.05, 0) is 26.0 Å². The average molecular weight is 410 g/mol. The Morgan fingerprint density at radius 2 is 2.00 bits per heavy atom. The maximum atomic E-state index is 12.5. The van der Waals surface area contributed by atoms with Crippen LogP contribution in [-0.2, 0) is 11.2 Å². The fraction of sp³-hybridized carbons (Fsp3) is 0.278. The zero-order valence-corrected chi connectivity index (χ0v) is 15.9. The van der Waals surface area contributed by atoms with Crippen molar-refractivity contribution in [1.29, 1.82) is 0 Å². The van der Waals surface area contributed by atoms with E-state index in [2.05, 4.69) is 15.4 Å². The van der Waals surface area contributed by atoms with Gasteiger partial charge in [-0.3, -0.25) is 14.7 Å². The molecule has 0 saturated heterocycles. The number of nitrogens with zero attached hydrogens (tertiary/aromatic N) is 2. The van der Waals surface area contributed by atoms with Crippen molar-refractivity contribution in [3.05, 3.63) is 57.6 Å². The van der Waals surface area contributed by atoms with Gasteiger partial charge in [0.05, 0.1) is 17.9 Å². The Bertz CT molecular complexity index is 1090. The van der Waals surface area contributed by atoms with E-state index in [1.54, 1.807) is 32.0 Å². The highest BCUT2D eigenvalue weighted by Gasteiger charge is 2.27. The minimum Gasteiger partial charge on any atom is -0.325 e. The Kier molecular flexibility index (Phi) is 5.50. The van der Waals surface area contributed by atoms with Crippen molar-refractivity contribution in [3.8, 4) is 0 Å². The molecular weight excluding hydrogens is 393 g/mol. The van der Waals surface area contributed by atoms with Gasteiger partial charge in [-0.2, -0.15) is 13.2 Å². The summed E-state index contributed by atoms with van der Waals surface area (Å²) in [6, 6.07) is 7.70. The number of aromatic nitrogens is 3. The molecule has 0 aliphatic rings. The van der Waals surface area contributed by atoms with Gasteiger partial charge in [0.25, 0.3) is 5.56 Å². The number of hydrogen-bond donors (Lipinski definition) is 2. The van der Waals surface area contributed by atoms with Crippen LogP contribution < -0.4 is 10.9 Å². The highest BCUT2D eigenvalue weighted by Crippen LogP contribution is 2.32. The first-order chi connectivity index (χ1) is 13.1. The lowest BCUT2D eigenvalue weighted by molar-refractivity contribution is -0.115. The smallest absolute Gasteiger partial charge is 0.325 e. The van der Waals surface area contributed by atoms with Crippen molar-refractivity contribution >= 4 is 29.0 Å². The van der Waals surface area contributed by atoms with E-state index in [1.807, 2.05) is 0 Å². The number of thioether (sulfide) groups is 1. The first kappa shape index (κ1) is 20.0. The summed E-state index contributed by atoms with van der Waals surface area (Å²) >= 11 is 0.617. The molecule has 3 aromatic rings. The Morgan fingerprint density at radius 3 is 2.71 bits per heavy atom. The third kappa shape index (κ3) is 4.56. The van der Waals surface area contributed by atoms with Crippen LogP contribution in [0.5, 0.6) is 0 Å². The molecule has 3 rings (SSSR count). The first-order valence-electron chi connectivity index (χ1n) is 8.30. The van der Waals surface area contributed by atoms with Crippen molar-refractivity contribution in [2.75, 3.05) is 11.1 Å². The summed E-state index contributed by atoms with van der Waals surface area (Å²) in [6.45, 7) is 3.49. The monoisotopic (exact) mass is 410 g/mol. The second-order valence-electron chi connectivity index (χ2n) is 6.20. The maximum absolute atomic E-state index is 12.5. The molecule has 28 heavy (non-hydrogen) atoms. The molecule has 0 aliphatic carbocycles. The largest absolute Gasteiger partial charge is 0.398 e. The number of fused-ring (bicyclic) bond motifs is 1. The molecular formula is C18H17F3N4O2S. The summed E-state index contributed by atoms with van der Waals surface area (Å²) in [5.41, 5.74) is 2.38. The van der Waals surface area contributed by atoms with Crippen LogP contribution in [0.25, 0.3) is 5.65 Å². The number of H-pyrrole nitrogens is 1. The molecule has 1 aromatic carbocycles. The van der Waals surface area contributed by atoms with Gasteiger partial charge in [-0.15, -0.1) is 11.8 Å². The zero-order valence-electron chi connectivity index (χ0n) is 15.1. The molecule has 2 heterocycles. The third-order valence-corrected chi connectivity index (χ3v) is 5.23. The summed E-state index contributed by atoms with van der Waals surface area (Å²) in [5.74, 6) is -1.43. The van der Waals surface area contributed by atoms with Crippen LogP contribution in [0.4, 0.5) is 18.9 Å². The van der Waals surface area contributed by atoms with Gasteiger partial charge in [0.1, 0.15) is 0 Å². The molecule has 0 aliphatic heterocycles. The molecule has 0 atom stereocenters. The van der Waals surface area contributed by atoms with E-state index in [4.69, 9.17) is 0 Å². The summed E-state index contributed by atoms with van der Waals surface area (Å²) < 4.78 is 39.0. The molecule has 10 heteroatoms. The third-order valence-electron chi connectivity index (χ3n) is 4.09. The Morgan fingerprint density at radius 1 is 1.29 bits per heavy atom. The maximum Gasteiger partial charge on any atom is 0.398 e. The molecule has 0 fully saturated rings. The number of benzene rings is 1. The van der Waals surface area contributed by atoms with Crippen LogP contribution in [0.3, 0.4) is 0 Å². The zero-order chi connectivity index (χ0) is 20.5. The minimum absolute atomic E-state index is 0.0287. The van der Waals surface area contributed by atoms with E-state index < -0.39 is 11.9 Å². The molecule has 6 nitrogen and oxygen atoms in total. The number of alkyl halides is 3. The summed E-state index contributed by atoms with van der Waals surface area (Å²) in [5, 5.41) is 5.28. The van der Waals surface area contributed by atoms with E-state index in [9.17, 15) is 22.8 Å². The minimum atomic E-state index is -4.30. The number of carbonyl (C=O) groups is 1. The van der Waals surface area contributed by atoms with Crippen LogP contribution >= 0.6 is 11.8 Å². The Balaban J connectivity index is 1.80. The molecule has 0 unspecified atom stereocenters. The number of rotatable bonds is 5. The van der Waals surface area contributed by atoms with Crippen molar-refractivity contribution in [2.24, 2.45) is 0 Å². The molecule has 148 valence electrons. The van der Waals surface area contributed by atoms with E-state index in [-0.39, 0.29) is 17.9 Å². The first-order valence-corrected chi connectivity index (χ1v) is 9.29. The van der Waals surface area contributed by atoms with Crippen molar-refractivity contribution in [1.82, 2.24) is 14.6 Å². The molecule has 0 saturated carbocycles. The lowest BCUT2D eigenvalue weighted by Gasteiger charge is -2.14. The van der Waals surface area contributed by atoms with Gasteiger partial charge >= 0.3 is 6.18 Å². The van der Waals surface area contributed by atoms with Gasteiger partial charge in [0, 0.05) is 27.9 Å². The molecule has 2 N–H and O–H groups in total. The van der Waals surface area contributed by atoms with Gasteiger partial charge < -0.3 is 5.32 Å². The van der Waals surface area contributed by atoms with Gasteiger partial charge in [0.15, 0.2) is 5.65 Å². The quantitative estimate of drug-likeness (QED) is 0.632. The Labute approximate surface area is 162 Å². The van der Waals surface area contributed by atoms with E-state index in [1.165, 1.54) is 16.6 Å². The number of anilines is 1. The predicted octanol–water partition coefficient (Wildman–Crippen LogP) is 3.48. The average Bonchev–Trinajstić information content (AvgIpc) is 2.97. The fourth-order valence-electron chi connectivity index (χ4n) is 2.82. The summed E-state index contributed by atoms with van der Waals surface area (Å²) in [7, 11) is 0. The number of halogens is 3.